The van der Waals surface area contributed by atoms with Gasteiger partial charge < -0.3 is 19.7 Å². The zero-order valence-electron chi connectivity index (χ0n) is 21.1. The first-order valence-electron chi connectivity index (χ1n) is 12.8. The first kappa shape index (κ1) is 24.3. The molecule has 2 heterocycles. The average molecular weight is 488 g/mol. The van der Waals surface area contributed by atoms with Crippen LogP contribution in [0.3, 0.4) is 0 Å². The molecule has 3 aromatic rings. The van der Waals surface area contributed by atoms with E-state index >= 15 is 0 Å². The Labute approximate surface area is 211 Å². The van der Waals surface area contributed by atoms with E-state index < -0.39 is 0 Å². The molecule has 1 fully saturated rings. The molecule has 2 aliphatic rings. The van der Waals surface area contributed by atoms with Gasteiger partial charge in [0.05, 0.1) is 30.3 Å². The highest BCUT2D eigenvalue weighted by molar-refractivity contribution is 6.06. The minimum Gasteiger partial charge on any atom is -0.481 e. The zero-order chi connectivity index (χ0) is 25.3. The number of pyridine rings is 1. The number of likely N-dealkylation sites (tertiary alicyclic amines) is 1. The lowest BCUT2D eigenvalue weighted by molar-refractivity contribution is -0.123. The fourth-order valence-corrected chi connectivity index (χ4v) is 5.99. The van der Waals surface area contributed by atoms with Gasteiger partial charge in [0, 0.05) is 43.0 Å². The minimum atomic E-state index is -0.257. The maximum Gasteiger partial charge on any atom is 0.254 e. The molecule has 2 amide bonds. The number of fused-ring (bicyclic) bond motifs is 3. The maximum atomic E-state index is 13.7. The van der Waals surface area contributed by atoms with Crippen molar-refractivity contribution in [2.24, 2.45) is 0 Å². The molecule has 0 saturated carbocycles. The van der Waals surface area contributed by atoms with Crippen molar-refractivity contribution >= 4 is 22.7 Å². The standard InChI is InChI=1S/C29H33N3O4/c1-4-24(33)31-26-20-11-6-8-12-22(20)29(27(26)36-5-2)14-16-32(17-15-29)28(34)21-18-25(35-3)30-23-13-9-7-10-19(21)23/h6-13,18,26-27H,4-5,14-17H2,1-3H3,(H,31,33)/t26-,27+/m1/s1. The Morgan fingerprint density at radius 1 is 1.08 bits per heavy atom. The second-order valence-electron chi connectivity index (χ2n) is 9.54. The third kappa shape index (κ3) is 4.01. The highest BCUT2D eigenvalue weighted by atomic mass is 16.5. The normalized spacial score (nSPS) is 20.4. The van der Waals surface area contributed by atoms with Gasteiger partial charge in [-0.05, 0) is 37.0 Å². The van der Waals surface area contributed by atoms with Crippen LogP contribution < -0.4 is 10.1 Å². The Balaban J connectivity index is 1.45. The molecule has 1 aromatic heterocycles. The van der Waals surface area contributed by atoms with Crippen molar-refractivity contribution in [3.8, 4) is 5.88 Å². The Kier molecular flexibility index (Phi) is 6.67. The van der Waals surface area contributed by atoms with Crippen LogP contribution in [0.5, 0.6) is 5.88 Å². The maximum absolute atomic E-state index is 13.7. The van der Waals surface area contributed by atoms with Crippen molar-refractivity contribution in [1.29, 1.82) is 0 Å². The van der Waals surface area contributed by atoms with Crippen LogP contribution >= 0.6 is 0 Å². The monoisotopic (exact) mass is 487 g/mol. The van der Waals surface area contributed by atoms with E-state index in [0.717, 1.165) is 29.3 Å². The van der Waals surface area contributed by atoms with Gasteiger partial charge in [-0.3, -0.25) is 9.59 Å². The van der Waals surface area contributed by atoms with E-state index in [4.69, 9.17) is 9.47 Å². The molecule has 1 saturated heterocycles. The van der Waals surface area contributed by atoms with Gasteiger partial charge in [-0.1, -0.05) is 49.4 Å². The molecule has 5 rings (SSSR count). The Morgan fingerprint density at radius 2 is 1.81 bits per heavy atom. The van der Waals surface area contributed by atoms with Gasteiger partial charge in [0.15, 0.2) is 0 Å². The van der Waals surface area contributed by atoms with E-state index in [1.807, 2.05) is 49.1 Å². The molecule has 0 bridgehead atoms. The fourth-order valence-electron chi connectivity index (χ4n) is 5.99. The molecule has 36 heavy (non-hydrogen) atoms. The summed E-state index contributed by atoms with van der Waals surface area (Å²) in [4.78, 5) is 32.6. The molecule has 0 radical (unpaired) electrons. The van der Waals surface area contributed by atoms with E-state index in [1.165, 1.54) is 5.56 Å². The van der Waals surface area contributed by atoms with Crippen molar-refractivity contribution in [3.05, 3.63) is 71.3 Å². The largest absolute Gasteiger partial charge is 0.481 e. The molecule has 1 spiro atoms. The molecule has 0 unspecified atom stereocenters. The topological polar surface area (TPSA) is 80.8 Å². The van der Waals surface area contributed by atoms with E-state index in [1.54, 1.807) is 13.2 Å². The number of nitrogens with one attached hydrogen (secondary N) is 1. The van der Waals surface area contributed by atoms with Crippen molar-refractivity contribution in [2.75, 3.05) is 26.8 Å². The number of piperidine rings is 1. The third-order valence-corrected chi connectivity index (χ3v) is 7.74. The van der Waals surface area contributed by atoms with E-state index in [9.17, 15) is 9.59 Å². The molecule has 1 N–H and O–H groups in total. The lowest BCUT2D eigenvalue weighted by atomic mass is 9.71. The van der Waals surface area contributed by atoms with Crippen LogP contribution in [0, 0.1) is 0 Å². The Bertz CT molecular complexity index is 1280. The number of rotatable bonds is 6. The summed E-state index contributed by atoms with van der Waals surface area (Å²) in [6, 6.07) is 17.5. The minimum absolute atomic E-state index is 0.0164. The molecule has 7 heteroatoms. The molecular formula is C29H33N3O4. The number of carbonyl (C=O) groups is 2. The molecule has 2 atom stereocenters. The number of carbonyl (C=O) groups excluding carboxylic acids is 2. The summed E-state index contributed by atoms with van der Waals surface area (Å²) < 4.78 is 11.7. The molecular weight excluding hydrogens is 454 g/mol. The second-order valence-corrected chi connectivity index (χ2v) is 9.54. The average Bonchev–Trinajstić information content (AvgIpc) is 3.16. The number of ether oxygens (including phenoxy) is 2. The molecule has 7 nitrogen and oxygen atoms in total. The predicted octanol–water partition coefficient (Wildman–Crippen LogP) is 4.40. The molecule has 1 aliphatic heterocycles. The van der Waals surface area contributed by atoms with Gasteiger partial charge in [-0.2, -0.15) is 0 Å². The zero-order valence-corrected chi connectivity index (χ0v) is 21.1. The van der Waals surface area contributed by atoms with Gasteiger partial charge >= 0.3 is 0 Å². The van der Waals surface area contributed by atoms with Crippen LogP contribution in [0.15, 0.2) is 54.6 Å². The van der Waals surface area contributed by atoms with Crippen molar-refractivity contribution in [2.45, 2.75) is 50.7 Å². The third-order valence-electron chi connectivity index (χ3n) is 7.74. The lowest BCUT2D eigenvalue weighted by Crippen LogP contribution is -2.52. The van der Waals surface area contributed by atoms with E-state index in [-0.39, 0.29) is 29.4 Å². The summed E-state index contributed by atoms with van der Waals surface area (Å²) in [5.74, 6) is 0.431. The van der Waals surface area contributed by atoms with Crippen LogP contribution in [0.4, 0.5) is 0 Å². The summed E-state index contributed by atoms with van der Waals surface area (Å²) in [7, 11) is 1.56. The number of hydrogen-bond acceptors (Lipinski definition) is 5. The summed E-state index contributed by atoms with van der Waals surface area (Å²) in [6.45, 7) is 5.62. The Hall–Kier alpha value is -3.45. The number of hydrogen-bond donors (Lipinski definition) is 1. The van der Waals surface area contributed by atoms with E-state index in [2.05, 4.69) is 28.5 Å². The van der Waals surface area contributed by atoms with Gasteiger partial charge in [0.2, 0.25) is 11.8 Å². The SMILES string of the molecule is CCO[C@H]1[C@H](NC(=O)CC)c2ccccc2C12CCN(C(=O)c1cc(OC)nc3ccccc13)CC2. The number of amides is 2. The molecule has 2 aromatic carbocycles. The highest BCUT2D eigenvalue weighted by Gasteiger charge is 2.54. The van der Waals surface area contributed by atoms with Crippen LogP contribution in [0.2, 0.25) is 0 Å². The first-order valence-corrected chi connectivity index (χ1v) is 12.8. The first-order chi connectivity index (χ1) is 17.5. The van der Waals surface area contributed by atoms with Crippen molar-refractivity contribution < 1.29 is 19.1 Å². The predicted molar refractivity (Wildman–Crippen MR) is 138 cm³/mol. The number of nitrogens with zero attached hydrogens (tertiary/aromatic N) is 2. The number of benzene rings is 2. The summed E-state index contributed by atoms with van der Waals surface area (Å²) in [5, 5.41) is 4.04. The number of methoxy groups -OCH3 is 1. The van der Waals surface area contributed by atoms with Gasteiger partial charge in [-0.25, -0.2) is 4.98 Å². The van der Waals surface area contributed by atoms with Crippen LogP contribution in [0.1, 0.15) is 60.6 Å². The smallest absolute Gasteiger partial charge is 0.254 e. The van der Waals surface area contributed by atoms with E-state index in [0.29, 0.717) is 37.6 Å². The van der Waals surface area contributed by atoms with Gasteiger partial charge in [-0.15, -0.1) is 0 Å². The van der Waals surface area contributed by atoms with Gasteiger partial charge in [0.1, 0.15) is 0 Å². The number of aromatic nitrogens is 1. The number of para-hydroxylation sites is 1. The fraction of sp³-hybridized carbons (Fsp3) is 0.414. The van der Waals surface area contributed by atoms with Crippen LogP contribution in [-0.4, -0.2) is 54.6 Å². The van der Waals surface area contributed by atoms with Crippen LogP contribution in [-0.2, 0) is 14.9 Å². The second kappa shape index (κ2) is 9.90. The molecule has 1 aliphatic carbocycles. The van der Waals surface area contributed by atoms with Crippen LogP contribution in [0.25, 0.3) is 10.9 Å². The van der Waals surface area contributed by atoms with Crippen molar-refractivity contribution in [1.82, 2.24) is 15.2 Å². The van der Waals surface area contributed by atoms with Gasteiger partial charge in [0.25, 0.3) is 5.91 Å². The molecule has 188 valence electrons. The lowest BCUT2D eigenvalue weighted by Gasteiger charge is -2.44. The Morgan fingerprint density at radius 3 is 2.53 bits per heavy atom. The quantitative estimate of drug-likeness (QED) is 0.557. The summed E-state index contributed by atoms with van der Waals surface area (Å²) in [6.07, 6.45) is 1.78. The highest BCUT2D eigenvalue weighted by Crippen LogP contribution is 2.52. The summed E-state index contributed by atoms with van der Waals surface area (Å²) >= 11 is 0. The summed E-state index contributed by atoms with van der Waals surface area (Å²) in [5.41, 5.74) is 3.45. The van der Waals surface area contributed by atoms with Crippen molar-refractivity contribution in [3.63, 3.8) is 0 Å².